The normalized spacial score (nSPS) is 17.6. The molecule has 1 aliphatic heterocycles. The molecule has 1 unspecified atom stereocenters. The Hall–Kier alpha value is -1.59. The molecule has 104 valence electrons. The first-order valence-electron chi connectivity index (χ1n) is 6.08. The van der Waals surface area contributed by atoms with Gasteiger partial charge in [0, 0.05) is 23.7 Å². The van der Waals surface area contributed by atoms with E-state index in [0.717, 1.165) is 19.4 Å². The van der Waals surface area contributed by atoms with Crippen molar-refractivity contribution in [1.82, 2.24) is 5.32 Å². The molecule has 6 heteroatoms. The van der Waals surface area contributed by atoms with Crippen molar-refractivity contribution in [3.63, 3.8) is 0 Å². The highest BCUT2D eigenvalue weighted by molar-refractivity contribution is 5.94. The average Bonchev–Trinajstić information content (AvgIpc) is 2.82. The molecule has 0 bridgehead atoms. The molecule has 1 atom stereocenters. The number of anilines is 1. The molecule has 0 aliphatic carbocycles. The summed E-state index contributed by atoms with van der Waals surface area (Å²) in [5, 5.41) is 6.08. The van der Waals surface area contributed by atoms with Crippen LogP contribution in [0.1, 0.15) is 29.6 Å². The first-order chi connectivity index (χ1) is 8.65. The smallest absolute Gasteiger partial charge is 0.248 e. The standard InChI is InChI=1S/C13H17N3O2.ClH/c14-13(18)9-3-5-10(6-4-9)16-12(17)8-11-2-1-7-15-11;/h3-6,11,15H,1-2,7-8H2,(H2,14,18)(H,16,17);1H. The van der Waals surface area contributed by atoms with Gasteiger partial charge in [-0.3, -0.25) is 9.59 Å². The third kappa shape index (κ3) is 4.54. The van der Waals surface area contributed by atoms with Crippen LogP contribution in [-0.4, -0.2) is 24.4 Å². The van der Waals surface area contributed by atoms with E-state index in [1.807, 2.05) is 0 Å². The van der Waals surface area contributed by atoms with Crippen molar-refractivity contribution < 1.29 is 9.59 Å². The number of nitrogens with two attached hydrogens (primary N) is 1. The van der Waals surface area contributed by atoms with E-state index < -0.39 is 5.91 Å². The molecule has 1 heterocycles. The SMILES string of the molecule is Cl.NC(=O)c1ccc(NC(=O)CC2CCCN2)cc1. The van der Waals surface area contributed by atoms with Gasteiger partial charge in [0.2, 0.25) is 11.8 Å². The van der Waals surface area contributed by atoms with Crippen LogP contribution < -0.4 is 16.4 Å². The minimum Gasteiger partial charge on any atom is -0.366 e. The molecule has 4 N–H and O–H groups in total. The molecule has 5 nitrogen and oxygen atoms in total. The van der Waals surface area contributed by atoms with Gasteiger partial charge in [-0.15, -0.1) is 12.4 Å². The summed E-state index contributed by atoms with van der Waals surface area (Å²) < 4.78 is 0. The van der Waals surface area contributed by atoms with Crippen LogP contribution in [0.2, 0.25) is 0 Å². The van der Waals surface area contributed by atoms with Gasteiger partial charge in [0.1, 0.15) is 0 Å². The van der Waals surface area contributed by atoms with Crippen LogP contribution in [-0.2, 0) is 4.79 Å². The van der Waals surface area contributed by atoms with Crippen molar-refractivity contribution in [1.29, 1.82) is 0 Å². The molecule has 1 fully saturated rings. The van der Waals surface area contributed by atoms with Gasteiger partial charge in [-0.05, 0) is 43.7 Å². The number of hydrogen-bond donors (Lipinski definition) is 3. The molecule has 0 saturated carbocycles. The second kappa shape index (κ2) is 7.11. The van der Waals surface area contributed by atoms with Crippen LogP contribution in [0.25, 0.3) is 0 Å². The lowest BCUT2D eigenvalue weighted by Crippen LogP contribution is -2.27. The van der Waals surface area contributed by atoms with Crippen molar-refractivity contribution in [3.8, 4) is 0 Å². The predicted molar refractivity (Wildman–Crippen MR) is 76.5 cm³/mol. The summed E-state index contributed by atoms with van der Waals surface area (Å²) in [6, 6.07) is 6.85. The molecule has 2 amide bonds. The minimum absolute atomic E-state index is 0. The van der Waals surface area contributed by atoms with Crippen LogP contribution in [0.4, 0.5) is 5.69 Å². The predicted octanol–water partition coefficient (Wildman–Crippen LogP) is 1.29. The number of carbonyl (C=O) groups excluding carboxylic acids is 2. The fourth-order valence-electron chi connectivity index (χ4n) is 2.08. The summed E-state index contributed by atoms with van der Waals surface area (Å²) >= 11 is 0. The Bertz CT molecular complexity index is 442. The molecule has 0 aromatic heterocycles. The van der Waals surface area contributed by atoms with E-state index in [9.17, 15) is 9.59 Å². The number of halogens is 1. The van der Waals surface area contributed by atoms with E-state index >= 15 is 0 Å². The van der Waals surface area contributed by atoms with E-state index in [4.69, 9.17) is 5.73 Å². The Balaban J connectivity index is 0.00000180. The average molecular weight is 284 g/mol. The molecular weight excluding hydrogens is 266 g/mol. The topological polar surface area (TPSA) is 84.2 Å². The first-order valence-corrected chi connectivity index (χ1v) is 6.08. The molecular formula is C13H18ClN3O2. The third-order valence-electron chi connectivity index (χ3n) is 3.05. The van der Waals surface area contributed by atoms with Crippen LogP contribution in [0.5, 0.6) is 0 Å². The highest BCUT2D eigenvalue weighted by atomic mass is 35.5. The fourth-order valence-corrected chi connectivity index (χ4v) is 2.08. The van der Waals surface area contributed by atoms with Gasteiger partial charge in [-0.1, -0.05) is 0 Å². The first kappa shape index (κ1) is 15.5. The van der Waals surface area contributed by atoms with Gasteiger partial charge < -0.3 is 16.4 Å². The van der Waals surface area contributed by atoms with Crippen LogP contribution in [0.3, 0.4) is 0 Å². The van der Waals surface area contributed by atoms with Crippen LogP contribution in [0.15, 0.2) is 24.3 Å². The van der Waals surface area contributed by atoms with Crippen LogP contribution in [0, 0.1) is 0 Å². The molecule has 1 aromatic rings. The van der Waals surface area contributed by atoms with E-state index in [1.165, 1.54) is 0 Å². The van der Waals surface area contributed by atoms with Crippen molar-refractivity contribution in [2.75, 3.05) is 11.9 Å². The van der Waals surface area contributed by atoms with Crippen LogP contribution >= 0.6 is 12.4 Å². The fraction of sp³-hybridized carbons (Fsp3) is 0.385. The Morgan fingerprint density at radius 3 is 2.53 bits per heavy atom. The largest absolute Gasteiger partial charge is 0.366 e. The molecule has 1 aromatic carbocycles. The lowest BCUT2D eigenvalue weighted by atomic mass is 10.1. The highest BCUT2D eigenvalue weighted by Crippen LogP contribution is 2.12. The lowest BCUT2D eigenvalue weighted by Gasteiger charge is -2.10. The molecule has 2 rings (SSSR count). The highest BCUT2D eigenvalue weighted by Gasteiger charge is 2.17. The number of primary amides is 1. The maximum Gasteiger partial charge on any atom is 0.248 e. The number of hydrogen-bond acceptors (Lipinski definition) is 3. The summed E-state index contributed by atoms with van der Waals surface area (Å²) in [7, 11) is 0. The second-order valence-electron chi connectivity index (χ2n) is 4.49. The number of rotatable bonds is 4. The van der Waals surface area contributed by atoms with Crippen molar-refractivity contribution in [3.05, 3.63) is 29.8 Å². The molecule has 0 radical (unpaired) electrons. The summed E-state index contributed by atoms with van der Waals surface area (Å²) in [6.07, 6.45) is 2.66. The monoisotopic (exact) mass is 283 g/mol. The third-order valence-corrected chi connectivity index (χ3v) is 3.05. The van der Waals surface area contributed by atoms with E-state index in [2.05, 4.69) is 10.6 Å². The molecule has 19 heavy (non-hydrogen) atoms. The molecule has 1 aliphatic rings. The maximum atomic E-state index is 11.7. The summed E-state index contributed by atoms with van der Waals surface area (Å²) in [5.41, 5.74) is 6.26. The quantitative estimate of drug-likeness (QED) is 0.778. The van der Waals surface area contributed by atoms with Crippen molar-refractivity contribution in [2.24, 2.45) is 5.73 Å². The number of carbonyl (C=O) groups is 2. The Morgan fingerprint density at radius 1 is 1.32 bits per heavy atom. The Labute approximate surface area is 118 Å². The van der Waals surface area contributed by atoms with E-state index in [0.29, 0.717) is 17.7 Å². The minimum atomic E-state index is -0.469. The number of amides is 2. The molecule has 1 saturated heterocycles. The maximum absolute atomic E-state index is 11.7. The Morgan fingerprint density at radius 2 is 2.00 bits per heavy atom. The van der Waals surface area contributed by atoms with Gasteiger partial charge in [0.25, 0.3) is 0 Å². The zero-order chi connectivity index (χ0) is 13.0. The van der Waals surface area contributed by atoms with E-state index in [1.54, 1.807) is 24.3 Å². The van der Waals surface area contributed by atoms with Crippen molar-refractivity contribution >= 4 is 29.9 Å². The second-order valence-corrected chi connectivity index (χ2v) is 4.49. The Kier molecular flexibility index (Phi) is 5.79. The van der Waals surface area contributed by atoms with Crippen molar-refractivity contribution in [2.45, 2.75) is 25.3 Å². The van der Waals surface area contributed by atoms with Gasteiger partial charge in [0.15, 0.2) is 0 Å². The number of nitrogens with one attached hydrogen (secondary N) is 2. The van der Waals surface area contributed by atoms with Gasteiger partial charge in [0.05, 0.1) is 0 Å². The van der Waals surface area contributed by atoms with Gasteiger partial charge >= 0.3 is 0 Å². The summed E-state index contributed by atoms with van der Waals surface area (Å²) in [6.45, 7) is 0.991. The zero-order valence-corrected chi connectivity index (χ0v) is 11.3. The van der Waals surface area contributed by atoms with Gasteiger partial charge in [-0.25, -0.2) is 0 Å². The zero-order valence-electron chi connectivity index (χ0n) is 10.5. The van der Waals surface area contributed by atoms with Gasteiger partial charge in [-0.2, -0.15) is 0 Å². The summed E-state index contributed by atoms with van der Waals surface area (Å²) in [5.74, 6) is -0.482. The lowest BCUT2D eigenvalue weighted by molar-refractivity contribution is -0.116. The van der Waals surface area contributed by atoms with E-state index in [-0.39, 0.29) is 24.4 Å². The molecule has 0 spiro atoms. The summed E-state index contributed by atoms with van der Waals surface area (Å²) in [4.78, 5) is 22.6. The number of benzene rings is 1.